The van der Waals surface area contributed by atoms with E-state index in [1.54, 1.807) is 0 Å². The minimum Gasteiger partial charge on any atom is -0.293 e. The van der Waals surface area contributed by atoms with E-state index in [1.807, 2.05) is 0 Å². The van der Waals surface area contributed by atoms with Gasteiger partial charge in [-0.25, -0.2) is 0 Å². The molecule has 6 heteroatoms. The van der Waals surface area contributed by atoms with Crippen molar-refractivity contribution in [2.45, 2.75) is 6.18 Å². The Morgan fingerprint density at radius 3 is 2.40 bits per heavy atom. The van der Waals surface area contributed by atoms with Gasteiger partial charge in [-0.05, 0) is 6.07 Å². The first-order valence-corrected chi connectivity index (χ1v) is 4.74. The van der Waals surface area contributed by atoms with Gasteiger partial charge >= 0.3 is 6.18 Å². The Morgan fingerprint density at radius 1 is 1.33 bits per heavy atom. The summed E-state index contributed by atoms with van der Waals surface area (Å²) in [6.45, 7) is 0. The van der Waals surface area contributed by atoms with Crippen LogP contribution in [0.15, 0.2) is 18.2 Å². The molecule has 0 saturated carbocycles. The minimum atomic E-state index is -4.66. The summed E-state index contributed by atoms with van der Waals surface area (Å²) < 4.78 is 37.6. The molecule has 0 spiro atoms. The number of rotatable bonds is 2. The van der Waals surface area contributed by atoms with Crippen molar-refractivity contribution in [2.75, 3.05) is 5.88 Å². The van der Waals surface area contributed by atoms with Crippen LogP contribution in [0.3, 0.4) is 0 Å². The fourth-order valence-corrected chi connectivity index (χ4v) is 1.54. The Morgan fingerprint density at radius 2 is 1.93 bits per heavy atom. The van der Waals surface area contributed by atoms with E-state index < -0.39 is 34.0 Å². The third-order valence-electron chi connectivity index (χ3n) is 1.72. The Bertz CT molecular complexity index is 387. The highest BCUT2D eigenvalue weighted by atomic mass is 35.5. The average Bonchev–Trinajstić information content (AvgIpc) is 2.14. The quantitative estimate of drug-likeness (QED) is 0.582. The molecule has 0 fully saturated rings. The summed E-state index contributed by atoms with van der Waals surface area (Å²) in [6.07, 6.45) is -4.66. The molecule has 0 aliphatic heterocycles. The van der Waals surface area contributed by atoms with Crippen LogP contribution in [0.1, 0.15) is 15.9 Å². The van der Waals surface area contributed by atoms with Crippen LogP contribution in [0.4, 0.5) is 13.2 Å². The molecule has 0 aliphatic carbocycles. The Kier molecular flexibility index (Phi) is 3.62. The molecule has 0 unspecified atom stereocenters. The lowest BCUT2D eigenvalue weighted by Gasteiger charge is -2.12. The van der Waals surface area contributed by atoms with Crippen molar-refractivity contribution in [1.29, 1.82) is 0 Å². The first kappa shape index (κ1) is 12.3. The highest BCUT2D eigenvalue weighted by Gasteiger charge is 2.37. The third-order valence-corrected chi connectivity index (χ3v) is 2.28. The number of alkyl halides is 4. The summed E-state index contributed by atoms with van der Waals surface area (Å²) in [4.78, 5) is 11.1. The maximum Gasteiger partial charge on any atom is 0.418 e. The zero-order chi connectivity index (χ0) is 11.6. The van der Waals surface area contributed by atoms with E-state index in [-0.39, 0.29) is 0 Å². The van der Waals surface area contributed by atoms with Crippen molar-refractivity contribution in [3.8, 4) is 0 Å². The summed E-state index contributed by atoms with van der Waals surface area (Å²) in [6, 6.07) is 3.41. The maximum absolute atomic E-state index is 12.5. The van der Waals surface area contributed by atoms with E-state index in [4.69, 9.17) is 23.2 Å². The van der Waals surface area contributed by atoms with Crippen LogP contribution in [0.5, 0.6) is 0 Å². The van der Waals surface area contributed by atoms with Crippen LogP contribution in [0, 0.1) is 0 Å². The number of carbonyl (C=O) groups excluding carboxylic acids is 1. The number of Topliss-reactive ketones (excluding diaryl/α,β-unsaturated/α-hetero) is 1. The van der Waals surface area contributed by atoms with Crippen molar-refractivity contribution in [2.24, 2.45) is 0 Å². The average molecular weight is 257 g/mol. The van der Waals surface area contributed by atoms with Crippen LogP contribution in [0.25, 0.3) is 0 Å². The lowest BCUT2D eigenvalue weighted by Crippen LogP contribution is -2.14. The van der Waals surface area contributed by atoms with Gasteiger partial charge < -0.3 is 0 Å². The van der Waals surface area contributed by atoms with Gasteiger partial charge in [0.1, 0.15) is 0 Å². The van der Waals surface area contributed by atoms with Crippen LogP contribution < -0.4 is 0 Å². The standard InChI is InChI=1S/C9H5Cl2F3O/c10-4-7(15)5-2-1-3-6(11)8(5)9(12,13)14/h1-3H,4H2. The van der Waals surface area contributed by atoms with Crippen molar-refractivity contribution in [3.63, 3.8) is 0 Å². The summed E-state index contributed by atoms with van der Waals surface area (Å²) in [5, 5.41) is -0.501. The fraction of sp³-hybridized carbons (Fsp3) is 0.222. The van der Waals surface area contributed by atoms with Gasteiger partial charge in [-0.15, -0.1) is 11.6 Å². The van der Waals surface area contributed by atoms with E-state index in [2.05, 4.69) is 0 Å². The zero-order valence-electron chi connectivity index (χ0n) is 7.24. The molecule has 0 saturated heterocycles. The largest absolute Gasteiger partial charge is 0.418 e. The van der Waals surface area contributed by atoms with Crippen LogP contribution in [0.2, 0.25) is 5.02 Å². The van der Waals surface area contributed by atoms with Crippen LogP contribution in [-0.2, 0) is 6.18 Å². The van der Waals surface area contributed by atoms with Crippen LogP contribution in [-0.4, -0.2) is 11.7 Å². The fourth-order valence-electron chi connectivity index (χ4n) is 1.12. The maximum atomic E-state index is 12.5. The molecule has 0 amide bonds. The van der Waals surface area contributed by atoms with E-state index in [9.17, 15) is 18.0 Å². The number of ketones is 1. The second-order valence-corrected chi connectivity index (χ2v) is 3.39. The van der Waals surface area contributed by atoms with Crippen molar-refractivity contribution >= 4 is 29.0 Å². The molecular formula is C9H5Cl2F3O. The highest BCUT2D eigenvalue weighted by molar-refractivity contribution is 6.33. The molecule has 0 radical (unpaired) electrons. The number of hydrogen-bond acceptors (Lipinski definition) is 1. The molecular weight excluding hydrogens is 252 g/mol. The van der Waals surface area contributed by atoms with Gasteiger partial charge in [0.25, 0.3) is 0 Å². The van der Waals surface area contributed by atoms with Crippen LogP contribution >= 0.6 is 23.2 Å². The second kappa shape index (κ2) is 4.41. The molecule has 0 heterocycles. The number of benzene rings is 1. The zero-order valence-corrected chi connectivity index (χ0v) is 8.75. The molecule has 0 aromatic heterocycles. The Balaban J connectivity index is 3.40. The molecule has 0 aliphatic rings. The number of hydrogen-bond donors (Lipinski definition) is 0. The molecule has 1 nitrogen and oxygen atoms in total. The Hall–Kier alpha value is -0.740. The predicted molar refractivity (Wildman–Crippen MR) is 51.5 cm³/mol. The van der Waals surface area contributed by atoms with E-state index in [0.717, 1.165) is 12.1 Å². The summed E-state index contributed by atoms with van der Waals surface area (Å²) >= 11 is 10.6. The van der Waals surface area contributed by atoms with Gasteiger partial charge in [-0.3, -0.25) is 4.79 Å². The van der Waals surface area contributed by atoms with E-state index >= 15 is 0 Å². The van der Waals surface area contributed by atoms with Crippen molar-refractivity contribution < 1.29 is 18.0 Å². The minimum absolute atomic E-state index is 0.495. The van der Waals surface area contributed by atoms with Crippen molar-refractivity contribution in [1.82, 2.24) is 0 Å². The summed E-state index contributed by atoms with van der Waals surface area (Å²) in [5.41, 5.74) is -1.62. The summed E-state index contributed by atoms with van der Waals surface area (Å²) in [5.74, 6) is -1.31. The van der Waals surface area contributed by atoms with Gasteiger partial charge in [-0.1, -0.05) is 23.7 Å². The van der Waals surface area contributed by atoms with Gasteiger partial charge in [0.05, 0.1) is 16.5 Å². The smallest absolute Gasteiger partial charge is 0.293 e. The van der Waals surface area contributed by atoms with Gasteiger partial charge in [0.15, 0.2) is 5.78 Å². The first-order chi connectivity index (χ1) is 6.88. The second-order valence-electron chi connectivity index (χ2n) is 2.72. The lowest BCUT2D eigenvalue weighted by molar-refractivity contribution is -0.137. The monoisotopic (exact) mass is 256 g/mol. The molecule has 0 N–H and O–H groups in total. The predicted octanol–water partition coefficient (Wildman–Crippen LogP) is 3.78. The molecule has 0 atom stereocenters. The van der Waals surface area contributed by atoms with Gasteiger partial charge in [0.2, 0.25) is 0 Å². The van der Waals surface area contributed by atoms with Crippen molar-refractivity contribution in [3.05, 3.63) is 34.3 Å². The number of halogens is 5. The first-order valence-electron chi connectivity index (χ1n) is 3.82. The topological polar surface area (TPSA) is 17.1 Å². The highest BCUT2D eigenvalue weighted by Crippen LogP contribution is 2.37. The number of carbonyl (C=O) groups is 1. The Labute approximate surface area is 93.8 Å². The lowest BCUT2D eigenvalue weighted by atomic mass is 10.0. The van der Waals surface area contributed by atoms with E-state index in [1.165, 1.54) is 6.07 Å². The van der Waals surface area contributed by atoms with E-state index in [0.29, 0.717) is 0 Å². The molecule has 1 aromatic carbocycles. The molecule has 15 heavy (non-hydrogen) atoms. The molecule has 0 bridgehead atoms. The molecule has 1 rings (SSSR count). The molecule has 82 valence electrons. The normalized spacial score (nSPS) is 11.5. The summed E-state index contributed by atoms with van der Waals surface area (Å²) in [7, 11) is 0. The third kappa shape index (κ3) is 2.63. The molecule has 1 aromatic rings. The van der Waals surface area contributed by atoms with Gasteiger partial charge in [-0.2, -0.15) is 13.2 Å². The SMILES string of the molecule is O=C(CCl)c1cccc(Cl)c1C(F)(F)F. The van der Waals surface area contributed by atoms with Gasteiger partial charge in [0, 0.05) is 5.56 Å².